The fraction of sp³-hybridized carbons (Fsp3) is 0.953. The van der Waals surface area contributed by atoms with Crippen molar-refractivity contribution in [1.29, 1.82) is 0 Å². The molecule has 1 amide bonds. The second-order valence-corrected chi connectivity index (χ2v) is 23.2. The summed E-state index contributed by atoms with van der Waals surface area (Å²) in [6, 6.07) is -1.18. The zero-order valence-electron chi connectivity index (χ0n) is 49.1. The van der Waals surface area contributed by atoms with Crippen molar-refractivity contribution >= 4 is 5.91 Å². The minimum atomic E-state index is -1.67. The van der Waals surface area contributed by atoms with E-state index in [-0.39, 0.29) is 12.8 Å². The number of aliphatic hydroxyl groups is 7. The average molecular weight is 1070 g/mol. The highest BCUT2D eigenvalue weighted by Crippen LogP contribution is 2.24. The van der Waals surface area contributed by atoms with Crippen molar-refractivity contribution in [3.8, 4) is 0 Å². The predicted molar refractivity (Wildman–Crippen MR) is 312 cm³/mol. The van der Waals surface area contributed by atoms with Gasteiger partial charge in [0.25, 0.3) is 0 Å². The summed E-state index contributed by atoms with van der Waals surface area (Å²) in [7, 11) is 0. The molecule has 446 valence electrons. The maximum absolute atomic E-state index is 13.2. The summed E-state index contributed by atoms with van der Waals surface area (Å²) in [6.07, 6.45) is 52.8. The Morgan fingerprint density at radius 3 is 1.15 bits per heavy atom. The molecule has 0 radical (unpaired) electrons. The number of ether oxygens (including phenoxy) is 2. The van der Waals surface area contributed by atoms with E-state index in [0.717, 1.165) is 38.5 Å². The molecule has 0 saturated carbocycles. The maximum atomic E-state index is 13.2. The van der Waals surface area contributed by atoms with Gasteiger partial charge in [0.05, 0.1) is 25.4 Å². The molecule has 1 heterocycles. The molecule has 1 aliphatic rings. The molecule has 9 unspecified atom stereocenters. The minimum Gasteiger partial charge on any atom is -0.394 e. The normalized spacial score (nSPS) is 19.7. The molecule has 1 fully saturated rings. The summed E-state index contributed by atoms with van der Waals surface area (Å²) in [5, 5.41) is 76.3. The van der Waals surface area contributed by atoms with Gasteiger partial charge in [0, 0.05) is 0 Å². The van der Waals surface area contributed by atoms with Gasteiger partial charge < -0.3 is 50.5 Å². The van der Waals surface area contributed by atoms with Gasteiger partial charge in [-0.1, -0.05) is 296 Å². The summed E-state index contributed by atoms with van der Waals surface area (Å²) in [6.45, 7) is 3.50. The number of aliphatic hydroxyl groups excluding tert-OH is 7. The maximum Gasteiger partial charge on any atom is 0.249 e. The molecule has 8 N–H and O–H groups in total. The highest BCUT2D eigenvalue weighted by Gasteiger charge is 2.44. The van der Waals surface area contributed by atoms with Gasteiger partial charge in [-0.25, -0.2) is 0 Å². The summed E-state index contributed by atoms with van der Waals surface area (Å²) in [5.74, 6) is -0.699. The zero-order chi connectivity index (χ0) is 54.7. The van der Waals surface area contributed by atoms with Crippen LogP contribution in [0.15, 0.2) is 12.2 Å². The zero-order valence-corrected chi connectivity index (χ0v) is 49.1. The monoisotopic (exact) mass is 1070 g/mol. The van der Waals surface area contributed by atoms with Crippen molar-refractivity contribution in [1.82, 2.24) is 5.32 Å². The van der Waals surface area contributed by atoms with E-state index in [9.17, 15) is 40.5 Å². The summed E-state index contributed by atoms with van der Waals surface area (Å²) in [5.41, 5.74) is 0. The molecule has 1 saturated heterocycles. The molecule has 9 atom stereocenters. The third-order valence-electron chi connectivity index (χ3n) is 16.1. The van der Waals surface area contributed by atoms with Crippen LogP contribution >= 0.6 is 0 Å². The summed E-state index contributed by atoms with van der Waals surface area (Å²) >= 11 is 0. The van der Waals surface area contributed by atoms with Crippen LogP contribution in [0, 0.1) is 0 Å². The molecule has 0 bridgehead atoms. The van der Waals surface area contributed by atoms with Gasteiger partial charge in [-0.15, -0.1) is 0 Å². The van der Waals surface area contributed by atoms with Crippen LogP contribution in [0.5, 0.6) is 0 Å². The van der Waals surface area contributed by atoms with Crippen molar-refractivity contribution in [2.75, 3.05) is 13.2 Å². The standard InChI is InChI=1S/C64H125NO10/c1-3-5-7-9-11-13-15-17-19-21-23-25-26-27-28-29-30-32-33-35-37-39-41-43-45-47-49-51-56(67)59(69)55(54-74-64-62(72)61(71)60(70)58(53-66)75-64)65-63(73)57(68)52-50-48-46-44-42-40-38-36-34-31-24-22-20-18-16-14-12-10-8-6-4-2/h43,45,55-62,64,66-72H,3-42,44,46-54H2,1-2H3,(H,65,73)/b45-43+. The lowest BCUT2D eigenvalue weighted by Gasteiger charge is -2.40. The first-order valence-electron chi connectivity index (χ1n) is 32.6. The Hall–Kier alpha value is -1.15. The van der Waals surface area contributed by atoms with E-state index in [1.54, 1.807) is 0 Å². The molecule has 11 nitrogen and oxygen atoms in total. The number of unbranched alkanes of at least 4 members (excludes halogenated alkanes) is 43. The molecule has 0 aliphatic carbocycles. The minimum absolute atomic E-state index is 0.260. The summed E-state index contributed by atoms with van der Waals surface area (Å²) < 4.78 is 11.2. The van der Waals surface area contributed by atoms with Crippen LogP contribution in [-0.4, -0.2) is 110 Å². The number of allylic oxidation sites excluding steroid dienone is 2. The SMILES string of the molecule is CCCCCCCCCCCCCCCCCCCCCCCC/C=C/CCCC(O)C(O)C(COC1OC(CO)C(O)C(O)C1O)NC(=O)C(O)CCCCCCCCCCCCCCCCCCCCCCC. The molecule has 1 aliphatic heterocycles. The van der Waals surface area contributed by atoms with E-state index in [2.05, 4.69) is 31.3 Å². The Balaban J connectivity index is 2.25. The molecule has 0 spiro atoms. The van der Waals surface area contributed by atoms with E-state index >= 15 is 0 Å². The van der Waals surface area contributed by atoms with Crippen LogP contribution in [0.25, 0.3) is 0 Å². The lowest BCUT2D eigenvalue weighted by Crippen LogP contribution is -2.60. The van der Waals surface area contributed by atoms with E-state index in [1.165, 1.54) is 244 Å². The van der Waals surface area contributed by atoms with Crippen LogP contribution in [0.1, 0.15) is 322 Å². The van der Waals surface area contributed by atoms with Gasteiger partial charge in [0.15, 0.2) is 6.29 Å². The van der Waals surface area contributed by atoms with Crippen molar-refractivity contribution < 1.29 is 50.0 Å². The molecule has 0 aromatic carbocycles. The van der Waals surface area contributed by atoms with E-state index < -0.39 is 74.2 Å². The third-order valence-corrected chi connectivity index (χ3v) is 16.1. The smallest absolute Gasteiger partial charge is 0.249 e. The molecule has 75 heavy (non-hydrogen) atoms. The Morgan fingerprint density at radius 2 is 0.787 bits per heavy atom. The van der Waals surface area contributed by atoms with E-state index in [1.807, 2.05) is 0 Å². The fourth-order valence-electron chi connectivity index (χ4n) is 10.8. The second-order valence-electron chi connectivity index (χ2n) is 23.2. The van der Waals surface area contributed by atoms with Gasteiger partial charge in [0.1, 0.15) is 36.6 Å². The van der Waals surface area contributed by atoms with Crippen molar-refractivity contribution in [2.24, 2.45) is 0 Å². The number of rotatable bonds is 57. The fourth-order valence-corrected chi connectivity index (χ4v) is 10.8. The van der Waals surface area contributed by atoms with Crippen molar-refractivity contribution in [3.05, 3.63) is 12.2 Å². The Bertz CT molecular complexity index is 1220. The molecule has 0 aromatic heterocycles. The lowest BCUT2D eigenvalue weighted by atomic mass is 9.98. The van der Waals surface area contributed by atoms with Crippen molar-refractivity contribution in [3.63, 3.8) is 0 Å². The first kappa shape index (κ1) is 71.9. The van der Waals surface area contributed by atoms with Crippen LogP contribution in [0.3, 0.4) is 0 Å². The first-order valence-corrected chi connectivity index (χ1v) is 32.6. The highest BCUT2D eigenvalue weighted by molar-refractivity contribution is 5.80. The third kappa shape index (κ3) is 41.5. The van der Waals surface area contributed by atoms with Crippen molar-refractivity contribution in [2.45, 2.75) is 377 Å². The molecule has 1 rings (SSSR count). The molecular formula is C64H125NO10. The number of hydrogen-bond donors (Lipinski definition) is 8. The molecular weight excluding hydrogens is 943 g/mol. The van der Waals surface area contributed by atoms with Gasteiger partial charge in [-0.3, -0.25) is 4.79 Å². The van der Waals surface area contributed by atoms with Crippen LogP contribution in [-0.2, 0) is 14.3 Å². The van der Waals surface area contributed by atoms with E-state index in [4.69, 9.17) is 9.47 Å². The van der Waals surface area contributed by atoms with Gasteiger partial charge in [-0.2, -0.15) is 0 Å². The molecule has 11 heteroatoms. The summed E-state index contributed by atoms with van der Waals surface area (Å²) in [4.78, 5) is 13.2. The number of carbonyl (C=O) groups is 1. The number of amides is 1. The second kappa shape index (κ2) is 53.5. The van der Waals surface area contributed by atoms with Gasteiger partial charge in [0.2, 0.25) is 5.91 Å². The number of nitrogens with one attached hydrogen (secondary N) is 1. The largest absolute Gasteiger partial charge is 0.394 e. The molecule has 0 aromatic rings. The van der Waals surface area contributed by atoms with E-state index in [0.29, 0.717) is 12.8 Å². The predicted octanol–water partition coefficient (Wildman–Crippen LogP) is 14.7. The van der Waals surface area contributed by atoms with Gasteiger partial charge in [-0.05, 0) is 38.5 Å². The highest BCUT2D eigenvalue weighted by atomic mass is 16.7. The average Bonchev–Trinajstić information content (AvgIpc) is 3.41. The Morgan fingerprint density at radius 1 is 0.453 bits per heavy atom. The number of carbonyl (C=O) groups excluding carboxylic acids is 1. The van der Waals surface area contributed by atoms with Crippen LogP contribution in [0.4, 0.5) is 0 Å². The number of hydrogen-bond acceptors (Lipinski definition) is 10. The Labute approximate surface area is 462 Å². The quantitative estimate of drug-likeness (QED) is 0.0215. The van der Waals surface area contributed by atoms with Gasteiger partial charge >= 0.3 is 0 Å². The van der Waals surface area contributed by atoms with Crippen LogP contribution in [0.2, 0.25) is 0 Å². The van der Waals surface area contributed by atoms with Crippen LogP contribution < -0.4 is 5.32 Å². The first-order chi connectivity index (χ1) is 36.7. The lowest BCUT2D eigenvalue weighted by molar-refractivity contribution is -0.303. The Kier molecular flexibility index (Phi) is 51.3. The topological polar surface area (TPSA) is 189 Å².